The van der Waals surface area contributed by atoms with Crippen LogP contribution in [0, 0.1) is 0 Å². The molecule has 0 aliphatic heterocycles. The molecule has 1 fully saturated rings. The zero-order valence-corrected chi connectivity index (χ0v) is 10.8. The van der Waals surface area contributed by atoms with Gasteiger partial charge in [0.25, 0.3) is 5.91 Å². The lowest BCUT2D eigenvalue weighted by molar-refractivity contribution is 0.0934. The predicted molar refractivity (Wildman–Crippen MR) is 70.7 cm³/mol. The Labute approximate surface area is 111 Å². The maximum atomic E-state index is 12.1. The second-order valence-electron chi connectivity index (χ2n) is 4.93. The van der Waals surface area contributed by atoms with Gasteiger partial charge in [0.2, 0.25) is 0 Å². The molecule has 1 aliphatic rings. The van der Waals surface area contributed by atoms with E-state index in [4.69, 9.17) is 0 Å². The van der Waals surface area contributed by atoms with Crippen molar-refractivity contribution in [2.75, 3.05) is 0 Å². The smallest absolute Gasteiger partial charge is 0.272 e. The van der Waals surface area contributed by atoms with E-state index in [2.05, 4.69) is 20.5 Å². The molecule has 0 bridgehead atoms. The van der Waals surface area contributed by atoms with Crippen LogP contribution < -0.4 is 5.32 Å². The molecule has 3 rings (SSSR count). The third-order valence-corrected chi connectivity index (χ3v) is 3.33. The van der Waals surface area contributed by atoms with Crippen molar-refractivity contribution >= 4 is 5.91 Å². The van der Waals surface area contributed by atoms with Gasteiger partial charge in [0, 0.05) is 17.8 Å². The second kappa shape index (κ2) is 4.84. The fraction of sp³-hybridized carbons (Fsp3) is 0.357. The molecule has 1 unspecified atom stereocenters. The van der Waals surface area contributed by atoms with Gasteiger partial charge in [-0.1, -0.05) is 6.07 Å². The lowest BCUT2D eigenvalue weighted by Gasteiger charge is -2.11. The largest absolute Gasteiger partial charge is 0.343 e. The summed E-state index contributed by atoms with van der Waals surface area (Å²) in [6.07, 6.45) is 4.10. The average molecular weight is 256 g/mol. The molecule has 2 aromatic heterocycles. The van der Waals surface area contributed by atoms with Crippen LogP contribution in [0.2, 0.25) is 0 Å². The van der Waals surface area contributed by atoms with E-state index >= 15 is 0 Å². The van der Waals surface area contributed by atoms with Gasteiger partial charge < -0.3 is 5.32 Å². The van der Waals surface area contributed by atoms with E-state index in [9.17, 15) is 4.79 Å². The molecule has 5 nitrogen and oxygen atoms in total. The Morgan fingerprint density at radius 2 is 2.32 bits per heavy atom. The van der Waals surface area contributed by atoms with Crippen LogP contribution in [0.1, 0.15) is 53.6 Å². The van der Waals surface area contributed by atoms with Gasteiger partial charge in [0.1, 0.15) is 5.69 Å². The SMILES string of the molecule is CC(NC(=O)c1cc(C2CC2)[nH]n1)c1ccccn1. The molecule has 2 N–H and O–H groups in total. The van der Waals surface area contributed by atoms with Gasteiger partial charge in [-0.3, -0.25) is 14.9 Å². The van der Waals surface area contributed by atoms with Crippen molar-refractivity contribution in [1.82, 2.24) is 20.5 Å². The zero-order valence-electron chi connectivity index (χ0n) is 10.8. The number of hydrogen-bond acceptors (Lipinski definition) is 3. The Balaban J connectivity index is 1.66. The highest BCUT2D eigenvalue weighted by atomic mass is 16.2. The van der Waals surface area contributed by atoms with Crippen LogP contribution in [0.15, 0.2) is 30.5 Å². The zero-order chi connectivity index (χ0) is 13.2. The minimum atomic E-state index is -0.165. The fourth-order valence-corrected chi connectivity index (χ4v) is 2.03. The summed E-state index contributed by atoms with van der Waals surface area (Å²) in [5.41, 5.74) is 2.36. The lowest BCUT2D eigenvalue weighted by atomic mass is 10.2. The maximum Gasteiger partial charge on any atom is 0.272 e. The molecule has 98 valence electrons. The Hall–Kier alpha value is -2.17. The number of carbonyl (C=O) groups is 1. The van der Waals surface area contributed by atoms with Gasteiger partial charge in [-0.05, 0) is 38.0 Å². The van der Waals surface area contributed by atoms with E-state index in [1.807, 2.05) is 31.2 Å². The molecule has 0 spiro atoms. The predicted octanol–water partition coefficient (Wildman–Crippen LogP) is 2.17. The van der Waals surface area contributed by atoms with E-state index in [-0.39, 0.29) is 11.9 Å². The van der Waals surface area contributed by atoms with Crippen molar-refractivity contribution in [3.05, 3.63) is 47.5 Å². The molecule has 5 heteroatoms. The third kappa shape index (κ3) is 2.65. The highest BCUT2D eigenvalue weighted by Crippen LogP contribution is 2.38. The van der Waals surface area contributed by atoms with E-state index in [0.29, 0.717) is 11.6 Å². The van der Waals surface area contributed by atoms with Crippen LogP contribution in [0.3, 0.4) is 0 Å². The highest BCUT2D eigenvalue weighted by Gasteiger charge is 2.26. The molecule has 1 saturated carbocycles. The molecule has 0 radical (unpaired) electrons. The molecule has 1 amide bonds. The number of amides is 1. The first-order chi connectivity index (χ1) is 9.24. The first kappa shape index (κ1) is 11.9. The van der Waals surface area contributed by atoms with Crippen molar-refractivity contribution in [3.63, 3.8) is 0 Å². The number of H-pyrrole nitrogens is 1. The summed E-state index contributed by atoms with van der Waals surface area (Å²) in [4.78, 5) is 16.3. The first-order valence-corrected chi connectivity index (χ1v) is 6.51. The quantitative estimate of drug-likeness (QED) is 0.880. The molecule has 0 aromatic carbocycles. The van der Waals surface area contributed by atoms with Crippen LogP contribution in [-0.2, 0) is 0 Å². The number of aromatic amines is 1. The van der Waals surface area contributed by atoms with E-state index in [1.165, 1.54) is 12.8 Å². The van der Waals surface area contributed by atoms with Crippen LogP contribution in [0.5, 0.6) is 0 Å². The highest BCUT2D eigenvalue weighted by molar-refractivity contribution is 5.92. The molecule has 2 heterocycles. The van der Waals surface area contributed by atoms with Gasteiger partial charge in [-0.15, -0.1) is 0 Å². The summed E-state index contributed by atoms with van der Waals surface area (Å²) < 4.78 is 0. The standard InChI is InChI=1S/C14H16N4O/c1-9(11-4-2-3-7-15-11)16-14(19)13-8-12(17-18-13)10-5-6-10/h2-4,7-10H,5-6H2,1H3,(H,16,19)(H,17,18). The van der Waals surface area contributed by atoms with E-state index in [1.54, 1.807) is 6.20 Å². The van der Waals surface area contributed by atoms with Crippen molar-refractivity contribution in [2.45, 2.75) is 31.7 Å². The Bertz CT molecular complexity index is 574. The van der Waals surface area contributed by atoms with Crippen molar-refractivity contribution in [2.24, 2.45) is 0 Å². The summed E-state index contributed by atoms with van der Waals surface area (Å²) in [7, 11) is 0. The Morgan fingerprint density at radius 1 is 1.47 bits per heavy atom. The van der Waals surface area contributed by atoms with Gasteiger partial charge in [0.05, 0.1) is 11.7 Å². The minimum Gasteiger partial charge on any atom is -0.343 e. The molecule has 19 heavy (non-hydrogen) atoms. The monoisotopic (exact) mass is 256 g/mol. The number of hydrogen-bond donors (Lipinski definition) is 2. The first-order valence-electron chi connectivity index (χ1n) is 6.51. The summed E-state index contributed by atoms with van der Waals surface area (Å²) in [6.45, 7) is 1.91. The van der Waals surface area contributed by atoms with Gasteiger partial charge in [-0.2, -0.15) is 5.10 Å². The molecule has 1 aliphatic carbocycles. The lowest BCUT2D eigenvalue weighted by Crippen LogP contribution is -2.27. The number of nitrogens with one attached hydrogen (secondary N) is 2. The molecular weight excluding hydrogens is 240 g/mol. The molecule has 1 atom stereocenters. The van der Waals surface area contributed by atoms with Crippen molar-refractivity contribution in [1.29, 1.82) is 0 Å². The summed E-state index contributed by atoms with van der Waals surface area (Å²) >= 11 is 0. The number of rotatable bonds is 4. The van der Waals surface area contributed by atoms with Gasteiger partial charge in [0.15, 0.2) is 0 Å². The summed E-state index contributed by atoms with van der Waals surface area (Å²) in [6, 6.07) is 7.37. The van der Waals surface area contributed by atoms with E-state index < -0.39 is 0 Å². The maximum absolute atomic E-state index is 12.1. The second-order valence-corrected chi connectivity index (χ2v) is 4.93. The fourth-order valence-electron chi connectivity index (χ4n) is 2.03. The van der Waals surface area contributed by atoms with Crippen LogP contribution in [-0.4, -0.2) is 21.1 Å². The summed E-state index contributed by atoms with van der Waals surface area (Å²) in [5.74, 6) is 0.406. The van der Waals surface area contributed by atoms with Crippen molar-refractivity contribution in [3.8, 4) is 0 Å². The molecule has 2 aromatic rings. The van der Waals surface area contributed by atoms with E-state index in [0.717, 1.165) is 11.4 Å². The van der Waals surface area contributed by atoms with Crippen LogP contribution in [0.25, 0.3) is 0 Å². The number of carbonyl (C=O) groups excluding carboxylic acids is 1. The topological polar surface area (TPSA) is 70.7 Å². The number of aromatic nitrogens is 3. The Morgan fingerprint density at radius 3 is 3.00 bits per heavy atom. The number of pyridine rings is 1. The normalized spacial score (nSPS) is 16.1. The minimum absolute atomic E-state index is 0.130. The summed E-state index contributed by atoms with van der Waals surface area (Å²) in [5, 5.41) is 9.90. The number of nitrogens with zero attached hydrogens (tertiary/aromatic N) is 2. The van der Waals surface area contributed by atoms with Crippen molar-refractivity contribution < 1.29 is 4.79 Å². The molecular formula is C14H16N4O. The average Bonchev–Trinajstić information content (AvgIpc) is 3.17. The van der Waals surface area contributed by atoms with Crippen LogP contribution >= 0.6 is 0 Å². The third-order valence-electron chi connectivity index (χ3n) is 3.33. The van der Waals surface area contributed by atoms with Gasteiger partial charge >= 0.3 is 0 Å². The Kier molecular flexibility index (Phi) is 3.03. The molecule has 0 saturated heterocycles. The van der Waals surface area contributed by atoms with Crippen LogP contribution in [0.4, 0.5) is 0 Å². The van der Waals surface area contributed by atoms with Gasteiger partial charge in [-0.25, -0.2) is 0 Å².